The van der Waals surface area contributed by atoms with Crippen LogP contribution in [0.2, 0.25) is 0 Å². The van der Waals surface area contributed by atoms with E-state index in [1.54, 1.807) is 0 Å². The molecule has 20 heavy (non-hydrogen) atoms. The Balaban J connectivity index is 1.87. The second kappa shape index (κ2) is 5.49. The van der Waals surface area contributed by atoms with Crippen molar-refractivity contribution in [2.75, 3.05) is 13.1 Å². The summed E-state index contributed by atoms with van der Waals surface area (Å²) < 4.78 is 5.78. The number of rotatable bonds is 4. The molecule has 0 amide bonds. The van der Waals surface area contributed by atoms with Crippen molar-refractivity contribution in [3.05, 3.63) is 47.9 Å². The fraction of sp³-hybridized carbons (Fsp3) is 0.529. The Morgan fingerprint density at radius 2 is 1.85 bits per heavy atom. The van der Waals surface area contributed by atoms with Crippen molar-refractivity contribution in [2.24, 2.45) is 11.7 Å². The van der Waals surface area contributed by atoms with Gasteiger partial charge in [-0.05, 0) is 39.8 Å². The Morgan fingerprint density at radius 3 is 2.35 bits per heavy atom. The average molecular weight is 274 g/mol. The monoisotopic (exact) mass is 274 g/mol. The van der Waals surface area contributed by atoms with Gasteiger partial charge in [0.2, 0.25) is 0 Å². The lowest BCUT2D eigenvalue weighted by molar-refractivity contribution is -0.0340. The van der Waals surface area contributed by atoms with Crippen LogP contribution in [0.4, 0.5) is 0 Å². The van der Waals surface area contributed by atoms with Crippen molar-refractivity contribution in [2.45, 2.75) is 39.3 Å². The van der Waals surface area contributed by atoms with Gasteiger partial charge in [-0.15, -0.1) is 0 Å². The van der Waals surface area contributed by atoms with Crippen LogP contribution in [0.25, 0.3) is 0 Å². The van der Waals surface area contributed by atoms with Gasteiger partial charge in [-0.1, -0.05) is 29.8 Å². The van der Waals surface area contributed by atoms with Crippen molar-refractivity contribution < 1.29 is 4.74 Å². The Morgan fingerprint density at radius 1 is 1.30 bits per heavy atom. The van der Waals surface area contributed by atoms with Gasteiger partial charge in [0.15, 0.2) is 5.88 Å². The summed E-state index contributed by atoms with van der Waals surface area (Å²) >= 11 is 0. The first-order valence-corrected chi connectivity index (χ1v) is 7.21. The van der Waals surface area contributed by atoms with Crippen molar-refractivity contribution in [1.82, 2.24) is 4.90 Å². The van der Waals surface area contributed by atoms with Gasteiger partial charge >= 0.3 is 0 Å². The molecule has 1 aromatic carbocycles. The summed E-state index contributed by atoms with van der Waals surface area (Å²) in [7, 11) is 0. The van der Waals surface area contributed by atoms with Crippen LogP contribution < -0.4 is 5.73 Å². The fourth-order valence-electron chi connectivity index (χ4n) is 2.42. The van der Waals surface area contributed by atoms with Crippen LogP contribution in [-0.4, -0.2) is 23.6 Å². The van der Waals surface area contributed by atoms with E-state index in [4.69, 9.17) is 10.5 Å². The van der Waals surface area contributed by atoms with Crippen LogP contribution in [0.3, 0.4) is 0 Å². The second-order valence-corrected chi connectivity index (χ2v) is 6.71. The smallest absolute Gasteiger partial charge is 0.182 e. The van der Waals surface area contributed by atoms with E-state index < -0.39 is 0 Å². The molecular formula is C17H26N2O. The largest absolute Gasteiger partial charge is 0.474 e. The van der Waals surface area contributed by atoms with E-state index in [0.29, 0.717) is 5.92 Å². The zero-order valence-electron chi connectivity index (χ0n) is 13.0. The van der Waals surface area contributed by atoms with Gasteiger partial charge < -0.3 is 15.4 Å². The third-order valence-corrected chi connectivity index (χ3v) is 3.66. The zero-order chi connectivity index (χ0) is 14.9. The summed E-state index contributed by atoms with van der Waals surface area (Å²) in [6.45, 7) is 14.0. The topological polar surface area (TPSA) is 38.5 Å². The fourth-order valence-corrected chi connectivity index (χ4v) is 2.42. The number of benzene rings is 1. The Kier molecular flexibility index (Phi) is 4.09. The molecule has 0 aliphatic carbocycles. The molecule has 0 saturated carbocycles. The van der Waals surface area contributed by atoms with Gasteiger partial charge in [0.1, 0.15) is 5.60 Å². The van der Waals surface area contributed by atoms with Crippen LogP contribution in [-0.2, 0) is 4.74 Å². The first-order valence-electron chi connectivity index (χ1n) is 7.21. The summed E-state index contributed by atoms with van der Waals surface area (Å²) in [5.41, 5.74) is 8.63. The van der Waals surface area contributed by atoms with Gasteiger partial charge in [-0.25, -0.2) is 0 Å². The molecule has 1 unspecified atom stereocenters. The van der Waals surface area contributed by atoms with Crippen molar-refractivity contribution in [1.29, 1.82) is 0 Å². The normalized spacial score (nSPS) is 17.6. The molecule has 1 heterocycles. The summed E-state index contributed by atoms with van der Waals surface area (Å²) in [4.78, 5) is 2.16. The van der Waals surface area contributed by atoms with E-state index in [1.165, 1.54) is 11.1 Å². The molecule has 1 aliphatic heterocycles. The van der Waals surface area contributed by atoms with E-state index in [1.807, 2.05) is 20.8 Å². The predicted molar refractivity (Wildman–Crippen MR) is 83.1 cm³/mol. The zero-order valence-corrected chi connectivity index (χ0v) is 13.0. The third-order valence-electron chi connectivity index (χ3n) is 3.66. The molecule has 0 spiro atoms. The predicted octanol–water partition coefficient (Wildman–Crippen LogP) is 3.21. The lowest BCUT2D eigenvalue weighted by Crippen LogP contribution is -2.51. The number of nitrogens with zero attached hydrogens (tertiary/aromatic N) is 1. The molecule has 2 N–H and O–H groups in total. The Labute approximate surface area is 122 Å². The Bertz CT molecular complexity index is 467. The SMILES string of the molecule is C=C(OC(C)(C)C)N1CC(C(N)c2ccc(C)cc2)C1. The number of aryl methyl sites for hydroxylation is 1. The van der Waals surface area contributed by atoms with E-state index in [2.05, 4.69) is 42.7 Å². The molecule has 110 valence electrons. The Hall–Kier alpha value is -1.48. The third kappa shape index (κ3) is 3.54. The molecular weight excluding hydrogens is 248 g/mol. The van der Waals surface area contributed by atoms with Crippen molar-refractivity contribution >= 4 is 0 Å². The summed E-state index contributed by atoms with van der Waals surface area (Å²) in [6, 6.07) is 8.58. The van der Waals surface area contributed by atoms with Gasteiger partial charge in [0.05, 0.1) is 0 Å². The molecule has 0 aromatic heterocycles. The molecule has 1 aromatic rings. The highest BCUT2D eigenvalue weighted by Gasteiger charge is 2.34. The lowest BCUT2D eigenvalue weighted by atomic mass is 9.87. The minimum atomic E-state index is -0.193. The highest BCUT2D eigenvalue weighted by Crippen LogP contribution is 2.31. The molecule has 3 nitrogen and oxygen atoms in total. The molecule has 1 aliphatic rings. The summed E-state index contributed by atoms with van der Waals surface area (Å²) in [6.07, 6.45) is 0. The molecule has 1 saturated heterocycles. The molecule has 3 heteroatoms. The number of hydrogen-bond acceptors (Lipinski definition) is 3. The number of nitrogens with two attached hydrogens (primary N) is 1. The van der Waals surface area contributed by atoms with Gasteiger partial charge in [0.25, 0.3) is 0 Å². The highest BCUT2D eigenvalue weighted by molar-refractivity contribution is 5.25. The highest BCUT2D eigenvalue weighted by atomic mass is 16.5. The quantitative estimate of drug-likeness (QED) is 0.857. The maximum absolute atomic E-state index is 6.34. The van der Waals surface area contributed by atoms with Crippen LogP contribution in [0.1, 0.15) is 37.9 Å². The van der Waals surface area contributed by atoms with Gasteiger partial charge in [-0.3, -0.25) is 0 Å². The minimum Gasteiger partial charge on any atom is -0.474 e. The average Bonchev–Trinajstić information content (AvgIpc) is 2.25. The molecule has 1 atom stereocenters. The van der Waals surface area contributed by atoms with Crippen molar-refractivity contribution in [3.63, 3.8) is 0 Å². The number of hydrogen-bond donors (Lipinski definition) is 1. The lowest BCUT2D eigenvalue weighted by Gasteiger charge is -2.45. The number of likely N-dealkylation sites (tertiary alicyclic amines) is 1. The molecule has 1 fully saturated rings. The minimum absolute atomic E-state index is 0.0919. The van der Waals surface area contributed by atoms with E-state index in [-0.39, 0.29) is 11.6 Å². The van der Waals surface area contributed by atoms with Crippen LogP contribution in [0.5, 0.6) is 0 Å². The summed E-state index contributed by atoms with van der Waals surface area (Å²) in [5, 5.41) is 0. The first-order chi connectivity index (χ1) is 9.26. The maximum Gasteiger partial charge on any atom is 0.182 e. The standard InChI is InChI=1S/C17H26N2O/c1-12-6-8-14(9-7-12)16(18)15-10-19(11-15)13(2)20-17(3,4)5/h6-9,15-16H,2,10-11,18H2,1,3-5H3. The molecule has 2 rings (SSSR count). The summed E-state index contributed by atoms with van der Waals surface area (Å²) in [5.74, 6) is 1.22. The van der Waals surface area contributed by atoms with E-state index in [0.717, 1.165) is 19.0 Å². The number of ether oxygens (including phenoxy) is 1. The van der Waals surface area contributed by atoms with E-state index >= 15 is 0 Å². The molecule has 0 bridgehead atoms. The van der Waals surface area contributed by atoms with Crippen molar-refractivity contribution in [3.8, 4) is 0 Å². The van der Waals surface area contributed by atoms with Crippen LogP contribution >= 0.6 is 0 Å². The van der Waals surface area contributed by atoms with E-state index in [9.17, 15) is 0 Å². The molecule has 0 radical (unpaired) electrons. The van der Waals surface area contributed by atoms with Crippen LogP contribution in [0.15, 0.2) is 36.7 Å². The first kappa shape index (κ1) is 14.9. The van der Waals surface area contributed by atoms with Gasteiger partial charge in [-0.2, -0.15) is 0 Å². The van der Waals surface area contributed by atoms with Gasteiger partial charge in [0, 0.05) is 25.0 Å². The maximum atomic E-state index is 6.34. The second-order valence-electron chi connectivity index (χ2n) is 6.71. The van der Waals surface area contributed by atoms with Crippen LogP contribution in [0, 0.1) is 12.8 Å².